The average molecular weight is 474 g/mol. The highest BCUT2D eigenvalue weighted by Gasteiger charge is 2.35. The molecule has 0 radical (unpaired) electrons. The van der Waals surface area contributed by atoms with Crippen molar-refractivity contribution in [3.05, 3.63) is 89.2 Å². The molecule has 0 fully saturated rings. The van der Waals surface area contributed by atoms with Crippen LogP contribution >= 0.6 is 11.6 Å². The second-order valence-corrected chi connectivity index (χ2v) is 8.28. The SMILES string of the molecule is CC(=O)Nc1ccc(OC(=O)N2N=C(c3nc4ccccc4[nH]3)CC2c2cccc(Cl)c2)cc1. The second-order valence-electron chi connectivity index (χ2n) is 7.84. The van der Waals surface area contributed by atoms with Gasteiger partial charge >= 0.3 is 6.09 Å². The summed E-state index contributed by atoms with van der Waals surface area (Å²) in [6.07, 6.45) is -0.195. The summed E-state index contributed by atoms with van der Waals surface area (Å²) < 4.78 is 5.59. The Balaban J connectivity index is 1.44. The first-order chi connectivity index (χ1) is 16.5. The summed E-state index contributed by atoms with van der Waals surface area (Å²) in [5.41, 5.74) is 3.79. The van der Waals surface area contributed by atoms with Gasteiger partial charge in [0, 0.05) is 24.1 Å². The number of carbonyl (C=O) groups excluding carboxylic acids is 2. The number of aromatic amines is 1. The van der Waals surface area contributed by atoms with Crippen LogP contribution in [0.15, 0.2) is 77.9 Å². The van der Waals surface area contributed by atoms with E-state index in [0.717, 1.165) is 16.6 Å². The standard InChI is InChI=1S/C25H20ClN5O3/c1-15(32)27-18-9-11-19(12-10-18)34-25(33)31-23(16-5-4-6-17(26)13-16)14-22(30-31)24-28-20-7-2-3-8-21(20)29-24/h2-13,23H,14H2,1H3,(H,27,32)(H,28,29). The van der Waals surface area contributed by atoms with Crippen LogP contribution in [0.1, 0.15) is 30.8 Å². The number of fused-ring (bicyclic) bond motifs is 1. The number of amides is 2. The molecule has 170 valence electrons. The summed E-state index contributed by atoms with van der Waals surface area (Å²) >= 11 is 6.22. The lowest BCUT2D eigenvalue weighted by molar-refractivity contribution is -0.114. The topological polar surface area (TPSA) is 99.7 Å². The normalized spacial score (nSPS) is 15.3. The van der Waals surface area contributed by atoms with Gasteiger partial charge in [0.2, 0.25) is 5.91 Å². The molecule has 34 heavy (non-hydrogen) atoms. The Bertz CT molecular complexity index is 1380. The lowest BCUT2D eigenvalue weighted by atomic mass is 10.0. The van der Waals surface area contributed by atoms with Gasteiger partial charge in [-0.05, 0) is 54.1 Å². The maximum absolute atomic E-state index is 13.2. The number of carbonyl (C=O) groups is 2. The van der Waals surface area contributed by atoms with Gasteiger partial charge in [-0.15, -0.1) is 0 Å². The molecular weight excluding hydrogens is 454 g/mol. The number of para-hydroxylation sites is 2. The number of halogens is 1. The number of rotatable bonds is 4. The van der Waals surface area contributed by atoms with Gasteiger partial charge in [-0.2, -0.15) is 10.1 Å². The number of benzene rings is 3. The monoisotopic (exact) mass is 473 g/mol. The van der Waals surface area contributed by atoms with Crippen LogP contribution in [0.3, 0.4) is 0 Å². The summed E-state index contributed by atoms with van der Waals surface area (Å²) in [5, 5.41) is 9.13. The fourth-order valence-corrected chi connectivity index (χ4v) is 4.04. The van der Waals surface area contributed by atoms with Gasteiger partial charge in [0.25, 0.3) is 0 Å². The average Bonchev–Trinajstić information content (AvgIpc) is 3.45. The quantitative estimate of drug-likeness (QED) is 0.407. The van der Waals surface area contributed by atoms with Crippen molar-refractivity contribution in [3.8, 4) is 5.75 Å². The third-order valence-corrected chi connectivity index (χ3v) is 5.61. The van der Waals surface area contributed by atoms with Crippen LogP contribution < -0.4 is 10.1 Å². The molecule has 1 aliphatic heterocycles. The minimum absolute atomic E-state index is 0.182. The molecule has 5 rings (SSSR count). The summed E-state index contributed by atoms with van der Waals surface area (Å²) in [5.74, 6) is 0.748. The molecule has 1 atom stereocenters. The molecule has 2 amide bonds. The zero-order valence-electron chi connectivity index (χ0n) is 18.2. The third kappa shape index (κ3) is 4.49. The lowest BCUT2D eigenvalue weighted by Gasteiger charge is -2.21. The zero-order chi connectivity index (χ0) is 23.7. The maximum atomic E-state index is 13.2. The fourth-order valence-electron chi connectivity index (χ4n) is 3.84. The summed E-state index contributed by atoms with van der Waals surface area (Å²) in [6, 6.07) is 21.1. The van der Waals surface area contributed by atoms with E-state index in [1.807, 2.05) is 42.5 Å². The highest BCUT2D eigenvalue weighted by atomic mass is 35.5. The first-order valence-corrected chi connectivity index (χ1v) is 11.0. The molecule has 0 spiro atoms. The Morgan fingerprint density at radius 2 is 1.88 bits per heavy atom. The predicted molar refractivity (Wildman–Crippen MR) is 130 cm³/mol. The van der Waals surface area contributed by atoms with E-state index in [1.165, 1.54) is 11.9 Å². The molecule has 9 heteroatoms. The number of nitrogens with zero attached hydrogens (tertiary/aromatic N) is 3. The van der Waals surface area contributed by atoms with E-state index < -0.39 is 12.1 Å². The number of hydrogen-bond donors (Lipinski definition) is 2. The number of anilines is 1. The highest BCUT2D eigenvalue weighted by Crippen LogP contribution is 2.34. The van der Waals surface area contributed by atoms with Crippen LogP contribution in [0.2, 0.25) is 5.02 Å². The van der Waals surface area contributed by atoms with Crippen molar-refractivity contribution >= 4 is 46.0 Å². The van der Waals surface area contributed by atoms with Crippen molar-refractivity contribution in [2.24, 2.45) is 5.10 Å². The maximum Gasteiger partial charge on any atom is 0.436 e. The Morgan fingerprint density at radius 3 is 2.62 bits per heavy atom. The minimum atomic E-state index is -0.636. The van der Waals surface area contributed by atoms with Crippen molar-refractivity contribution in [1.29, 1.82) is 0 Å². The molecular formula is C25H20ClN5O3. The molecule has 1 aliphatic rings. The molecule has 1 aromatic heterocycles. The van der Waals surface area contributed by atoms with E-state index in [0.29, 0.717) is 34.4 Å². The van der Waals surface area contributed by atoms with Crippen LogP contribution in [-0.2, 0) is 4.79 Å². The smallest absolute Gasteiger partial charge is 0.409 e. The van der Waals surface area contributed by atoms with Gasteiger partial charge in [0.15, 0.2) is 5.82 Å². The van der Waals surface area contributed by atoms with Gasteiger partial charge in [0.05, 0.1) is 17.1 Å². The largest absolute Gasteiger partial charge is 0.436 e. The van der Waals surface area contributed by atoms with Crippen LogP contribution in [0, 0.1) is 0 Å². The molecule has 0 bridgehead atoms. The zero-order valence-corrected chi connectivity index (χ0v) is 18.9. The number of aromatic nitrogens is 2. The second kappa shape index (κ2) is 8.99. The fraction of sp³-hybridized carbons (Fsp3) is 0.120. The van der Waals surface area contributed by atoms with Crippen molar-refractivity contribution in [2.45, 2.75) is 19.4 Å². The van der Waals surface area contributed by atoms with Crippen molar-refractivity contribution in [2.75, 3.05) is 5.32 Å². The van der Waals surface area contributed by atoms with E-state index in [9.17, 15) is 9.59 Å². The van der Waals surface area contributed by atoms with Crippen molar-refractivity contribution in [1.82, 2.24) is 15.0 Å². The summed E-state index contributed by atoms with van der Waals surface area (Å²) in [4.78, 5) is 32.3. The van der Waals surface area contributed by atoms with Gasteiger partial charge in [-0.25, -0.2) is 9.78 Å². The van der Waals surface area contributed by atoms with E-state index in [-0.39, 0.29) is 5.91 Å². The number of ether oxygens (including phenoxy) is 1. The van der Waals surface area contributed by atoms with Gasteiger partial charge in [-0.3, -0.25) is 4.79 Å². The molecule has 2 heterocycles. The number of hydrazone groups is 1. The van der Waals surface area contributed by atoms with E-state index >= 15 is 0 Å². The highest BCUT2D eigenvalue weighted by molar-refractivity contribution is 6.30. The molecule has 0 saturated heterocycles. The van der Waals surface area contributed by atoms with Gasteiger partial charge < -0.3 is 15.0 Å². The van der Waals surface area contributed by atoms with Gasteiger partial charge in [-0.1, -0.05) is 35.9 Å². The predicted octanol–water partition coefficient (Wildman–Crippen LogP) is 5.52. The molecule has 0 saturated carbocycles. The van der Waals surface area contributed by atoms with E-state index in [4.69, 9.17) is 16.3 Å². The first-order valence-electron chi connectivity index (χ1n) is 10.6. The first kappa shape index (κ1) is 21.7. The van der Waals surface area contributed by atoms with Crippen LogP contribution in [-0.4, -0.2) is 32.7 Å². The van der Waals surface area contributed by atoms with Crippen molar-refractivity contribution in [3.63, 3.8) is 0 Å². The lowest BCUT2D eigenvalue weighted by Crippen LogP contribution is -2.29. The number of nitrogens with one attached hydrogen (secondary N) is 2. The Kier molecular flexibility index (Phi) is 5.73. The van der Waals surface area contributed by atoms with Gasteiger partial charge in [0.1, 0.15) is 11.5 Å². The molecule has 4 aromatic rings. The van der Waals surface area contributed by atoms with E-state index in [1.54, 1.807) is 30.3 Å². The number of imidazole rings is 1. The Hall–Kier alpha value is -4.17. The summed E-state index contributed by atoms with van der Waals surface area (Å²) in [6.45, 7) is 1.43. The van der Waals surface area contributed by atoms with Crippen LogP contribution in [0.4, 0.5) is 10.5 Å². The van der Waals surface area contributed by atoms with Crippen LogP contribution in [0.25, 0.3) is 11.0 Å². The molecule has 1 unspecified atom stereocenters. The number of H-pyrrole nitrogens is 1. The van der Waals surface area contributed by atoms with E-state index in [2.05, 4.69) is 20.4 Å². The number of hydrogen-bond acceptors (Lipinski definition) is 5. The summed E-state index contributed by atoms with van der Waals surface area (Å²) in [7, 11) is 0. The third-order valence-electron chi connectivity index (χ3n) is 5.37. The molecule has 0 aliphatic carbocycles. The molecule has 8 nitrogen and oxygen atoms in total. The molecule has 3 aromatic carbocycles. The Labute approximate surface area is 200 Å². The molecule has 2 N–H and O–H groups in total. The van der Waals surface area contributed by atoms with Crippen molar-refractivity contribution < 1.29 is 14.3 Å². The van der Waals surface area contributed by atoms with Crippen LogP contribution in [0.5, 0.6) is 5.75 Å². The Morgan fingerprint density at radius 1 is 1.09 bits per heavy atom. The minimum Gasteiger partial charge on any atom is -0.409 e.